The quantitative estimate of drug-likeness (QED) is 0.742. The van der Waals surface area contributed by atoms with Crippen LogP contribution in [0.2, 0.25) is 0 Å². The number of hydrogen-bond donors (Lipinski definition) is 0. The van der Waals surface area contributed by atoms with Gasteiger partial charge in [0.2, 0.25) is 0 Å². The molecule has 82 valence electrons. The Morgan fingerprint density at radius 3 is 2.67 bits per heavy atom. The van der Waals surface area contributed by atoms with Gasteiger partial charge in [-0.05, 0) is 12.5 Å². The first kappa shape index (κ1) is 12.8. The van der Waals surface area contributed by atoms with Crippen molar-refractivity contribution in [3.63, 3.8) is 0 Å². The third-order valence-corrected chi connectivity index (χ3v) is 3.58. The number of ketones is 1. The fraction of sp³-hybridized carbons (Fsp3) is 0.364. The molecule has 0 radical (unpaired) electrons. The molecule has 1 aromatic carbocycles. The zero-order valence-electron chi connectivity index (χ0n) is 8.05. The van der Waals surface area contributed by atoms with Crippen LogP contribution in [-0.2, 0) is 4.79 Å². The van der Waals surface area contributed by atoms with Crippen molar-refractivity contribution in [2.75, 3.05) is 5.33 Å². The van der Waals surface area contributed by atoms with E-state index in [1.807, 2.05) is 0 Å². The summed E-state index contributed by atoms with van der Waals surface area (Å²) in [4.78, 5) is 11.1. The number of halogens is 3. The molecular weight excluding hydrogens is 327 g/mol. The molecule has 0 N–H and O–H groups in total. The van der Waals surface area contributed by atoms with Crippen molar-refractivity contribution in [3.8, 4) is 0 Å². The minimum Gasteiger partial charge on any atom is -0.298 e. The second-order valence-corrected chi connectivity index (χ2v) is 4.85. The molecule has 0 aliphatic heterocycles. The summed E-state index contributed by atoms with van der Waals surface area (Å²) in [6, 6.07) is 6.33. The minimum atomic E-state index is -0.530. The highest BCUT2D eigenvalue weighted by Crippen LogP contribution is 2.27. The van der Waals surface area contributed by atoms with Crippen LogP contribution in [-0.4, -0.2) is 11.1 Å². The molecule has 0 saturated heterocycles. The Hall–Kier alpha value is -0.220. The molecule has 4 heteroatoms. The molecule has 0 heterocycles. The van der Waals surface area contributed by atoms with E-state index in [0.717, 1.165) is 11.8 Å². The molecule has 1 nitrogen and oxygen atoms in total. The van der Waals surface area contributed by atoms with Gasteiger partial charge in [-0.15, -0.1) is 0 Å². The van der Waals surface area contributed by atoms with Crippen LogP contribution in [0.15, 0.2) is 24.3 Å². The van der Waals surface area contributed by atoms with Gasteiger partial charge >= 0.3 is 0 Å². The molecular formula is C11H11Br2FO. The van der Waals surface area contributed by atoms with E-state index in [9.17, 15) is 9.18 Å². The maximum absolute atomic E-state index is 13.3. The van der Waals surface area contributed by atoms with Gasteiger partial charge in [0, 0.05) is 17.3 Å². The van der Waals surface area contributed by atoms with Crippen LogP contribution in [0.5, 0.6) is 0 Å². The molecule has 0 aliphatic rings. The molecule has 1 atom stereocenters. The van der Waals surface area contributed by atoms with Gasteiger partial charge in [0.05, 0.1) is 0 Å². The van der Waals surface area contributed by atoms with Crippen LogP contribution < -0.4 is 0 Å². The van der Waals surface area contributed by atoms with E-state index in [0.29, 0.717) is 12.0 Å². The van der Waals surface area contributed by atoms with Crippen molar-refractivity contribution in [3.05, 3.63) is 35.6 Å². The number of rotatable bonds is 5. The average Bonchev–Trinajstić information content (AvgIpc) is 2.25. The molecule has 0 saturated carbocycles. The van der Waals surface area contributed by atoms with Gasteiger partial charge < -0.3 is 0 Å². The van der Waals surface area contributed by atoms with E-state index >= 15 is 0 Å². The highest BCUT2D eigenvalue weighted by Gasteiger charge is 2.19. The molecule has 0 fully saturated rings. The Balaban J connectivity index is 2.72. The number of Topliss-reactive ketones (excluding diaryl/α,β-unsaturated/α-hetero) is 1. The summed E-state index contributed by atoms with van der Waals surface area (Å²) in [6.45, 7) is 0. The molecule has 0 aromatic heterocycles. The lowest BCUT2D eigenvalue weighted by molar-refractivity contribution is -0.118. The normalized spacial score (nSPS) is 12.5. The van der Waals surface area contributed by atoms with E-state index < -0.39 is 4.83 Å². The largest absolute Gasteiger partial charge is 0.298 e. The maximum atomic E-state index is 13.3. The molecule has 15 heavy (non-hydrogen) atoms. The van der Waals surface area contributed by atoms with E-state index in [1.165, 1.54) is 6.07 Å². The van der Waals surface area contributed by atoms with Gasteiger partial charge in [-0.25, -0.2) is 4.39 Å². The van der Waals surface area contributed by atoms with E-state index in [-0.39, 0.29) is 11.6 Å². The molecule has 1 rings (SSSR count). The summed E-state index contributed by atoms with van der Waals surface area (Å²) < 4.78 is 13.3. The fourth-order valence-electron chi connectivity index (χ4n) is 1.22. The summed E-state index contributed by atoms with van der Waals surface area (Å²) in [5, 5.41) is 0.787. The van der Waals surface area contributed by atoms with Crippen LogP contribution in [0.4, 0.5) is 4.39 Å². The van der Waals surface area contributed by atoms with Crippen molar-refractivity contribution in [1.29, 1.82) is 0 Å². The lowest BCUT2D eigenvalue weighted by Crippen LogP contribution is -2.08. The summed E-state index contributed by atoms with van der Waals surface area (Å²) in [5.74, 6) is -0.328. The number of benzene rings is 1. The van der Waals surface area contributed by atoms with E-state index in [1.54, 1.807) is 18.2 Å². The Labute approximate surface area is 105 Å². The molecule has 0 unspecified atom stereocenters. The predicted molar refractivity (Wildman–Crippen MR) is 66.1 cm³/mol. The number of carbonyl (C=O) groups is 1. The maximum Gasteiger partial charge on any atom is 0.151 e. The van der Waals surface area contributed by atoms with E-state index in [2.05, 4.69) is 31.9 Å². The van der Waals surface area contributed by atoms with Crippen molar-refractivity contribution >= 4 is 37.6 Å². The third-order valence-electron chi connectivity index (χ3n) is 2.02. The first-order valence-electron chi connectivity index (χ1n) is 4.64. The number of alkyl halides is 2. The second-order valence-electron chi connectivity index (χ2n) is 3.14. The predicted octanol–water partition coefficient (Wildman–Crippen LogP) is 4.01. The zero-order valence-corrected chi connectivity index (χ0v) is 11.2. The molecule has 0 amide bonds. The highest BCUT2D eigenvalue weighted by molar-refractivity contribution is 9.09. The lowest BCUT2D eigenvalue weighted by atomic mass is 10.1. The van der Waals surface area contributed by atoms with Crippen LogP contribution in [0.3, 0.4) is 0 Å². The minimum absolute atomic E-state index is 0.0135. The SMILES string of the molecule is O=C(CCCBr)[C@H](Br)c1ccccc1F. The smallest absolute Gasteiger partial charge is 0.151 e. The van der Waals surface area contributed by atoms with Gasteiger partial charge in [0.25, 0.3) is 0 Å². The molecule has 1 aromatic rings. The summed E-state index contributed by atoms with van der Waals surface area (Å²) in [7, 11) is 0. The van der Waals surface area contributed by atoms with Crippen molar-refractivity contribution in [2.24, 2.45) is 0 Å². The first-order valence-corrected chi connectivity index (χ1v) is 6.67. The van der Waals surface area contributed by atoms with Gasteiger partial charge in [-0.1, -0.05) is 50.1 Å². The van der Waals surface area contributed by atoms with Crippen LogP contribution in [0, 0.1) is 5.82 Å². The van der Waals surface area contributed by atoms with Crippen molar-refractivity contribution in [1.82, 2.24) is 0 Å². The number of hydrogen-bond acceptors (Lipinski definition) is 1. The molecule has 0 bridgehead atoms. The van der Waals surface area contributed by atoms with Crippen LogP contribution >= 0.6 is 31.9 Å². The van der Waals surface area contributed by atoms with Gasteiger partial charge in [0.1, 0.15) is 10.6 Å². The summed E-state index contributed by atoms with van der Waals surface area (Å²) in [6.07, 6.45) is 1.23. The average molecular weight is 338 g/mol. The van der Waals surface area contributed by atoms with Crippen LogP contribution in [0.25, 0.3) is 0 Å². The Kier molecular flexibility index (Phi) is 5.47. The Morgan fingerprint density at radius 2 is 2.07 bits per heavy atom. The zero-order chi connectivity index (χ0) is 11.3. The summed E-state index contributed by atoms with van der Waals surface area (Å²) >= 11 is 6.48. The summed E-state index contributed by atoms with van der Waals surface area (Å²) in [5.41, 5.74) is 0.414. The van der Waals surface area contributed by atoms with Crippen LogP contribution in [0.1, 0.15) is 23.2 Å². The molecule has 0 spiro atoms. The van der Waals surface area contributed by atoms with Gasteiger partial charge in [-0.3, -0.25) is 4.79 Å². The molecule has 0 aliphatic carbocycles. The van der Waals surface area contributed by atoms with Crippen molar-refractivity contribution in [2.45, 2.75) is 17.7 Å². The first-order chi connectivity index (χ1) is 7.16. The lowest BCUT2D eigenvalue weighted by Gasteiger charge is -2.09. The Bertz CT molecular complexity index is 341. The standard InChI is InChI=1S/C11H11Br2FO/c12-7-3-6-10(15)11(13)8-4-1-2-5-9(8)14/h1-2,4-5,11H,3,6-7H2/t11-/m1/s1. The van der Waals surface area contributed by atoms with Crippen molar-refractivity contribution < 1.29 is 9.18 Å². The second kappa shape index (κ2) is 6.38. The third kappa shape index (κ3) is 3.68. The van der Waals surface area contributed by atoms with Gasteiger partial charge in [-0.2, -0.15) is 0 Å². The number of carbonyl (C=O) groups excluding carboxylic acids is 1. The van der Waals surface area contributed by atoms with E-state index in [4.69, 9.17) is 0 Å². The van der Waals surface area contributed by atoms with Gasteiger partial charge in [0.15, 0.2) is 5.78 Å². The highest BCUT2D eigenvalue weighted by atomic mass is 79.9. The fourth-order valence-corrected chi connectivity index (χ4v) is 2.10. The Morgan fingerprint density at radius 1 is 1.40 bits per heavy atom. The topological polar surface area (TPSA) is 17.1 Å². The monoisotopic (exact) mass is 336 g/mol.